The molecule has 0 aliphatic heterocycles. The second kappa shape index (κ2) is 3.10. The third-order valence-electron chi connectivity index (χ3n) is 2.06. The first-order chi connectivity index (χ1) is 6.89. The lowest BCUT2D eigenvalue weighted by Gasteiger charge is -2.07. The fraction of sp³-hybridized carbons (Fsp3) is 0.222. The van der Waals surface area contributed by atoms with Crippen molar-refractivity contribution in [3.8, 4) is 0 Å². The van der Waals surface area contributed by atoms with E-state index in [1.54, 1.807) is 6.92 Å². The molecule has 15 heavy (non-hydrogen) atoms. The van der Waals surface area contributed by atoms with Crippen molar-refractivity contribution in [3.63, 3.8) is 0 Å². The lowest BCUT2D eigenvalue weighted by molar-refractivity contribution is -0.136. The average Bonchev–Trinajstić information content (AvgIpc) is 2.45. The van der Waals surface area contributed by atoms with Crippen LogP contribution in [0.4, 0.5) is 18.3 Å². The molecule has 80 valence electrons. The van der Waals surface area contributed by atoms with Gasteiger partial charge in [-0.05, 0) is 18.6 Å². The molecule has 0 spiro atoms. The van der Waals surface area contributed by atoms with Crippen molar-refractivity contribution in [2.45, 2.75) is 13.1 Å². The maximum Gasteiger partial charge on any atom is 0.418 e. The van der Waals surface area contributed by atoms with Crippen LogP contribution in [0.15, 0.2) is 12.1 Å². The molecule has 0 unspecified atom stereocenters. The topological polar surface area (TPSA) is 38.9 Å². The van der Waals surface area contributed by atoms with Crippen LogP contribution < -0.4 is 5.73 Å². The number of benzene rings is 1. The molecule has 0 aliphatic carbocycles. The average molecular weight is 232 g/mol. The number of alkyl halides is 3. The van der Waals surface area contributed by atoms with Gasteiger partial charge in [-0.15, -0.1) is 0 Å². The Labute approximate surface area is 87.5 Å². The van der Waals surface area contributed by atoms with E-state index in [1.807, 2.05) is 0 Å². The number of halogens is 3. The standard InChI is InChI=1S/C9H7F3N2S/c1-4-2-3-5(9(10,11)12)6-7(4)15-8(13)14-6/h2-3H,1H3,(H2,13,14). The molecular formula is C9H7F3N2S. The highest BCUT2D eigenvalue weighted by Crippen LogP contribution is 2.38. The lowest BCUT2D eigenvalue weighted by atomic mass is 10.1. The van der Waals surface area contributed by atoms with Crippen molar-refractivity contribution in [3.05, 3.63) is 23.3 Å². The van der Waals surface area contributed by atoms with Gasteiger partial charge in [0.15, 0.2) is 5.13 Å². The number of hydrogen-bond acceptors (Lipinski definition) is 3. The fourth-order valence-corrected chi connectivity index (χ4v) is 2.21. The molecule has 0 aliphatic rings. The third-order valence-corrected chi connectivity index (χ3v) is 3.08. The molecule has 0 bridgehead atoms. The zero-order valence-corrected chi connectivity index (χ0v) is 8.54. The summed E-state index contributed by atoms with van der Waals surface area (Å²) in [6.07, 6.45) is -4.38. The third kappa shape index (κ3) is 1.65. The molecule has 0 amide bonds. The maximum absolute atomic E-state index is 12.6. The van der Waals surface area contributed by atoms with E-state index in [2.05, 4.69) is 4.98 Å². The number of anilines is 1. The molecule has 1 aromatic heterocycles. The Bertz CT molecular complexity index is 516. The zero-order valence-electron chi connectivity index (χ0n) is 7.72. The van der Waals surface area contributed by atoms with E-state index < -0.39 is 11.7 Å². The Morgan fingerprint density at radius 1 is 1.33 bits per heavy atom. The smallest absolute Gasteiger partial charge is 0.375 e. The van der Waals surface area contributed by atoms with E-state index in [0.29, 0.717) is 4.70 Å². The molecule has 0 radical (unpaired) electrons. The first kappa shape index (κ1) is 10.2. The zero-order chi connectivity index (χ0) is 11.2. The van der Waals surface area contributed by atoms with Crippen LogP contribution in [-0.4, -0.2) is 4.98 Å². The number of thiazole rings is 1. The first-order valence-corrected chi connectivity index (χ1v) is 4.94. The van der Waals surface area contributed by atoms with Gasteiger partial charge in [0.05, 0.1) is 15.8 Å². The van der Waals surface area contributed by atoms with Crippen molar-refractivity contribution < 1.29 is 13.2 Å². The Morgan fingerprint density at radius 2 is 2.00 bits per heavy atom. The molecule has 2 aromatic rings. The highest BCUT2D eigenvalue weighted by molar-refractivity contribution is 7.22. The van der Waals surface area contributed by atoms with Crippen molar-refractivity contribution >= 4 is 26.7 Å². The number of aromatic nitrogens is 1. The van der Waals surface area contributed by atoms with Crippen LogP contribution in [0, 0.1) is 6.92 Å². The highest BCUT2D eigenvalue weighted by atomic mass is 32.1. The Hall–Kier alpha value is -1.30. The van der Waals surface area contributed by atoms with Crippen LogP contribution in [-0.2, 0) is 6.18 Å². The van der Waals surface area contributed by atoms with Gasteiger partial charge in [0.25, 0.3) is 0 Å². The first-order valence-electron chi connectivity index (χ1n) is 4.12. The minimum absolute atomic E-state index is 0.0509. The molecule has 2 N–H and O–H groups in total. The molecule has 2 nitrogen and oxygen atoms in total. The summed E-state index contributed by atoms with van der Waals surface area (Å²) >= 11 is 1.08. The lowest BCUT2D eigenvalue weighted by Crippen LogP contribution is -2.05. The SMILES string of the molecule is Cc1ccc(C(F)(F)F)c2nc(N)sc12. The predicted octanol–water partition coefficient (Wildman–Crippen LogP) is 3.21. The number of nitrogens with two attached hydrogens (primary N) is 1. The molecule has 1 heterocycles. The van der Waals surface area contributed by atoms with Gasteiger partial charge in [-0.1, -0.05) is 17.4 Å². The predicted molar refractivity (Wildman–Crippen MR) is 53.8 cm³/mol. The minimum atomic E-state index is -4.38. The van der Waals surface area contributed by atoms with Gasteiger partial charge < -0.3 is 5.73 Å². The Kier molecular flexibility index (Phi) is 2.11. The normalized spacial score (nSPS) is 12.3. The number of rotatable bonds is 0. The van der Waals surface area contributed by atoms with E-state index >= 15 is 0 Å². The summed E-state index contributed by atoms with van der Waals surface area (Å²) < 4.78 is 38.2. The summed E-state index contributed by atoms with van der Waals surface area (Å²) in [5, 5.41) is 0.157. The molecule has 6 heteroatoms. The van der Waals surface area contributed by atoms with Crippen LogP contribution >= 0.6 is 11.3 Å². The quantitative estimate of drug-likeness (QED) is 0.757. The summed E-state index contributed by atoms with van der Waals surface area (Å²) in [7, 11) is 0. The molecule has 2 rings (SSSR count). The summed E-state index contributed by atoms with van der Waals surface area (Å²) in [6, 6.07) is 2.47. The second-order valence-electron chi connectivity index (χ2n) is 3.16. The van der Waals surface area contributed by atoms with E-state index in [9.17, 15) is 13.2 Å². The van der Waals surface area contributed by atoms with Gasteiger partial charge in [-0.3, -0.25) is 0 Å². The van der Waals surface area contributed by atoms with Crippen molar-refractivity contribution in [2.24, 2.45) is 0 Å². The van der Waals surface area contributed by atoms with E-state index in [-0.39, 0.29) is 10.6 Å². The van der Waals surface area contributed by atoms with Crippen molar-refractivity contribution in [1.82, 2.24) is 4.98 Å². The monoisotopic (exact) mass is 232 g/mol. The summed E-state index contributed by atoms with van der Waals surface area (Å²) in [5.41, 5.74) is 5.39. The number of aryl methyl sites for hydroxylation is 1. The van der Waals surface area contributed by atoms with Crippen LogP contribution in [0.2, 0.25) is 0 Å². The van der Waals surface area contributed by atoms with Crippen LogP contribution in [0.3, 0.4) is 0 Å². The molecule has 0 fully saturated rings. The summed E-state index contributed by atoms with van der Waals surface area (Å²) in [6.45, 7) is 1.74. The van der Waals surface area contributed by atoms with Gasteiger partial charge in [0.2, 0.25) is 0 Å². The minimum Gasteiger partial charge on any atom is -0.375 e. The molecule has 0 saturated heterocycles. The number of fused-ring (bicyclic) bond motifs is 1. The number of nitrogens with zero attached hydrogens (tertiary/aromatic N) is 1. The van der Waals surface area contributed by atoms with Gasteiger partial charge in [0.1, 0.15) is 0 Å². The van der Waals surface area contributed by atoms with E-state index in [1.165, 1.54) is 6.07 Å². The molecule has 0 atom stereocenters. The second-order valence-corrected chi connectivity index (χ2v) is 4.19. The maximum atomic E-state index is 12.6. The number of nitrogen functional groups attached to an aromatic ring is 1. The van der Waals surface area contributed by atoms with Gasteiger partial charge in [-0.2, -0.15) is 13.2 Å². The van der Waals surface area contributed by atoms with Gasteiger partial charge in [-0.25, -0.2) is 4.98 Å². The van der Waals surface area contributed by atoms with E-state index in [4.69, 9.17) is 5.73 Å². The fourth-order valence-electron chi connectivity index (χ4n) is 1.38. The Balaban J connectivity index is 2.83. The molecular weight excluding hydrogens is 225 g/mol. The van der Waals surface area contributed by atoms with Crippen LogP contribution in [0.25, 0.3) is 10.2 Å². The highest BCUT2D eigenvalue weighted by Gasteiger charge is 2.34. The van der Waals surface area contributed by atoms with Crippen molar-refractivity contribution in [1.29, 1.82) is 0 Å². The van der Waals surface area contributed by atoms with Gasteiger partial charge in [0, 0.05) is 0 Å². The summed E-state index contributed by atoms with van der Waals surface area (Å²) in [4.78, 5) is 3.72. The molecule has 1 aromatic carbocycles. The number of hydrogen-bond donors (Lipinski definition) is 1. The summed E-state index contributed by atoms with van der Waals surface area (Å²) in [5.74, 6) is 0. The van der Waals surface area contributed by atoms with Crippen LogP contribution in [0.1, 0.15) is 11.1 Å². The van der Waals surface area contributed by atoms with Gasteiger partial charge >= 0.3 is 6.18 Å². The van der Waals surface area contributed by atoms with Crippen LogP contribution in [0.5, 0.6) is 0 Å². The van der Waals surface area contributed by atoms with Crippen molar-refractivity contribution in [2.75, 3.05) is 5.73 Å². The Morgan fingerprint density at radius 3 is 2.60 bits per heavy atom. The largest absolute Gasteiger partial charge is 0.418 e. The van der Waals surface area contributed by atoms with E-state index in [0.717, 1.165) is 23.0 Å². The molecule has 0 saturated carbocycles.